The summed E-state index contributed by atoms with van der Waals surface area (Å²) in [4.78, 5) is 33.5. The van der Waals surface area contributed by atoms with E-state index in [9.17, 15) is 4.79 Å². The predicted octanol–water partition coefficient (Wildman–Crippen LogP) is 7.53. The molecule has 1 unspecified atom stereocenters. The molecule has 1 saturated carbocycles. The molecule has 2 aromatic heterocycles. The molecule has 3 aliphatic heterocycles. The van der Waals surface area contributed by atoms with Gasteiger partial charge in [-0.2, -0.15) is 9.97 Å². The fraction of sp³-hybridized carbons (Fsp3) is 0.538. The van der Waals surface area contributed by atoms with E-state index in [4.69, 9.17) is 31.0 Å². The SMILES string of the molecule is CN(C)C1(CNc2nc(OCC34CCCN3[C@@H](COC(=O)N3CCCCC3)CC4)nc3c(F)c(-c4cccc5cccc(Cl)c45)ncc23)CCC1. The van der Waals surface area contributed by atoms with Gasteiger partial charge >= 0.3 is 12.1 Å². The molecule has 51 heavy (non-hydrogen) atoms. The predicted molar refractivity (Wildman–Crippen MR) is 198 cm³/mol. The van der Waals surface area contributed by atoms with Crippen LogP contribution >= 0.6 is 11.6 Å². The van der Waals surface area contributed by atoms with Crippen LogP contribution in [0.15, 0.2) is 42.6 Å². The normalized spacial score (nSPS) is 23.1. The Hall–Kier alpha value is -3.80. The van der Waals surface area contributed by atoms with Gasteiger partial charge in [-0.3, -0.25) is 9.88 Å². The number of benzene rings is 2. The van der Waals surface area contributed by atoms with Crippen molar-refractivity contribution in [1.82, 2.24) is 29.7 Å². The zero-order valence-corrected chi connectivity index (χ0v) is 30.4. The molecule has 10 nitrogen and oxygen atoms in total. The molecule has 1 amide bonds. The number of nitrogens with zero attached hydrogens (tertiary/aromatic N) is 6. The molecule has 1 aliphatic carbocycles. The Balaban J connectivity index is 1.08. The number of halogens is 2. The van der Waals surface area contributed by atoms with Gasteiger partial charge < -0.3 is 24.6 Å². The summed E-state index contributed by atoms with van der Waals surface area (Å²) in [6, 6.07) is 11.6. The largest absolute Gasteiger partial charge is 0.461 e. The minimum absolute atomic E-state index is 0.00351. The lowest BCUT2D eigenvalue weighted by atomic mass is 9.75. The summed E-state index contributed by atoms with van der Waals surface area (Å²) in [5, 5.41) is 6.23. The van der Waals surface area contributed by atoms with Gasteiger partial charge in [0, 0.05) is 53.4 Å². The number of nitrogens with one attached hydrogen (secondary N) is 1. The molecule has 270 valence electrons. The summed E-state index contributed by atoms with van der Waals surface area (Å²) >= 11 is 6.65. The van der Waals surface area contributed by atoms with Gasteiger partial charge in [0.1, 0.15) is 30.2 Å². The number of likely N-dealkylation sites (N-methyl/N-ethyl adjacent to an activating group) is 1. The summed E-state index contributed by atoms with van der Waals surface area (Å²) in [6.45, 7) is 3.88. The average molecular weight is 716 g/mol. The number of rotatable bonds is 10. The number of pyridine rings is 1. The van der Waals surface area contributed by atoms with Crippen molar-refractivity contribution in [3.05, 3.63) is 53.4 Å². The summed E-state index contributed by atoms with van der Waals surface area (Å²) in [5.41, 5.74) is 0.727. The summed E-state index contributed by atoms with van der Waals surface area (Å²) in [6.07, 6.45) is 11.9. The van der Waals surface area contributed by atoms with Gasteiger partial charge in [0.2, 0.25) is 0 Å². The standard InChI is InChI=1S/C39H47ClFN7O3/c1-46(2)38(15-8-16-38)24-43-35-29-22-42-33(28-12-6-10-26-11-7-13-30(40)31(26)28)32(41)34(29)44-36(45-35)51-25-39-17-9-21-48(39)27(14-18-39)23-50-37(49)47-19-4-3-5-20-47/h6-7,10-13,22,27H,3-5,8-9,14-21,23-25H2,1-2H3,(H,43,44,45)/t27-,39?/m1/s1. The number of piperidine rings is 1. The lowest BCUT2D eigenvalue weighted by molar-refractivity contribution is 0.0420. The molecular formula is C39H47ClFN7O3. The van der Waals surface area contributed by atoms with E-state index in [2.05, 4.69) is 34.2 Å². The van der Waals surface area contributed by atoms with Gasteiger partial charge in [-0.05, 0) is 96.3 Å². The van der Waals surface area contributed by atoms with Crippen molar-refractivity contribution in [3.63, 3.8) is 0 Å². The molecule has 4 aromatic rings. The molecule has 8 rings (SSSR count). The molecule has 2 atom stereocenters. The Kier molecular flexibility index (Phi) is 9.39. The first-order chi connectivity index (χ1) is 24.8. The third-order valence-electron chi connectivity index (χ3n) is 12.1. The summed E-state index contributed by atoms with van der Waals surface area (Å²) in [5.74, 6) is -0.0370. The molecule has 5 heterocycles. The molecule has 3 saturated heterocycles. The molecule has 12 heteroatoms. The Morgan fingerprint density at radius 1 is 1.02 bits per heavy atom. The number of anilines is 1. The Labute approximate surface area is 303 Å². The molecule has 1 N–H and O–H groups in total. The van der Waals surface area contributed by atoms with E-state index in [-0.39, 0.29) is 40.4 Å². The Morgan fingerprint density at radius 3 is 2.59 bits per heavy atom. The highest BCUT2D eigenvalue weighted by Gasteiger charge is 2.50. The molecular weight excluding hydrogens is 669 g/mol. The summed E-state index contributed by atoms with van der Waals surface area (Å²) in [7, 11) is 4.21. The van der Waals surface area contributed by atoms with Crippen molar-refractivity contribution < 1.29 is 18.7 Å². The Bertz CT molecular complexity index is 1930. The number of ether oxygens (including phenoxy) is 2. The molecule has 0 radical (unpaired) electrons. The van der Waals surface area contributed by atoms with Crippen LogP contribution in [-0.2, 0) is 4.74 Å². The number of hydrogen-bond donors (Lipinski definition) is 1. The highest BCUT2D eigenvalue weighted by atomic mass is 35.5. The van der Waals surface area contributed by atoms with Gasteiger partial charge in [0.25, 0.3) is 0 Å². The molecule has 2 aromatic carbocycles. The zero-order valence-electron chi connectivity index (χ0n) is 29.6. The van der Waals surface area contributed by atoms with E-state index in [0.717, 1.165) is 81.8 Å². The van der Waals surface area contributed by atoms with Crippen LogP contribution in [0.4, 0.5) is 15.0 Å². The molecule has 4 aliphatic rings. The number of aromatic nitrogens is 3. The monoisotopic (exact) mass is 715 g/mol. The molecule has 0 spiro atoms. The van der Waals surface area contributed by atoms with Crippen LogP contribution in [0.25, 0.3) is 32.9 Å². The lowest BCUT2D eigenvalue weighted by Gasteiger charge is -2.47. The van der Waals surface area contributed by atoms with E-state index in [1.54, 1.807) is 6.20 Å². The van der Waals surface area contributed by atoms with E-state index >= 15 is 4.39 Å². The van der Waals surface area contributed by atoms with Gasteiger partial charge in [0.05, 0.1) is 10.9 Å². The van der Waals surface area contributed by atoms with Crippen LogP contribution in [0, 0.1) is 5.82 Å². The number of carbonyl (C=O) groups excluding carboxylic acids is 1. The van der Waals surface area contributed by atoms with Crippen LogP contribution in [0.5, 0.6) is 6.01 Å². The van der Waals surface area contributed by atoms with E-state index in [0.29, 0.717) is 41.5 Å². The van der Waals surface area contributed by atoms with E-state index in [1.807, 2.05) is 41.3 Å². The number of likely N-dealkylation sites (tertiary alicyclic amines) is 1. The first kappa shape index (κ1) is 34.3. The van der Waals surface area contributed by atoms with Crippen LogP contribution in [0.3, 0.4) is 0 Å². The zero-order chi connectivity index (χ0) is 35.2. The maximum Gasteiger partial charge on any atom is 0.409 e. The van der Waals surface area contributed by atoms with Crippen molar-refractivity contribution in [2.45, 2.75) is 81.3 Å². The van der Waals surface area contributed by atoms with E-state index in [1.165, 1.54) is 12.8 Å². The van der Waals surface area contributed by atoms with E-state index < -0.39 is 5.82 Å². The third-order valence-corrected chi connectivity index (χ3v) is 12.4. The fourth-order valence-corrected chi connectivity index (χ4v) is 9.14. The van der Waals surface area contributed by atoms with Crippen molar-refractivity contribution in [2.75, 3.05) is 58.8 Å². The molecule has 0 bridgehead atoms. The second kappa shape index (κ2) is 14.0. The van der Waals surface area contributed by atoms with Crippen LogP contribution in [0.1, 0.15) is 64.2 Å². The van der Waals surface area contributed by atoms with Gasteiger partial charge in [-0.1, -0.05) is 41.9 Å². The van der Waals surface area contributed by atoms with Gasteiger partial charge in [-0.25, -0.2) is 9.18 Å². The van der Waals surface area contributed by atoms with Crippen LogP contribution < -0.4 is 10.1 Å². The molecule has 4 fully saturated rings. The smallest absolute Gasteiger partial charge is 0.409 e. The fourth-order valence-electron chi connectivity index (χ4n) is 8.85. The number of hydrogen-bond acceptors (Lipinski definition) is 9. The minimum atomic E-state index is -0.543. The van der Waals surface area contributed by atoms with Crippen molar-refractivity contribution in [1.29, 1.82) is 0 Å². The second-order valence-corrected chi connectivity index (χ2v) is 15.5. The number of fused-ring (bicyclic) bond motifs is 3. The van der Waals surface area contributed by atoms with Crippen molar-refractivity contribution >= 4 is 45.2 Å². The first-order valence-corrected chi connectivity index (χ1v) is 18.9. The van der Waals surface area contributed by atoms with Gasteiger partial charge in [-0.15, -0.1) is 0 Å². The highest BCUT2D eigenvalue weighted by molar-refractivity contribution is 6.36. The van der Waals surface area contributed by atoms with Crippen molar-refractivity contribution in [2.24, 2.45) is 0 Å². The first-order valence-electron chi connectivity index (χ1n) is 18.5. The lowest BCUT2D eigenvalue weighted by Crippen LogP contribution is -2.54. The number of amides is 1. The summed E-state index contributed by atoms with van der Waals surface area (Å²) < 4.78 is 29.1. The Morgan fingerprint density at radius 2 is 1.82 bits per heavy atom. The second-order valence-electron chi connectivity index (χ2n) is 15.1. The maximum atomic E-state index is 16.8. The average Bonchev–Trinajstić information content (AvgIpc) is 3.69. The maximum absolute atomic E-state index is 16.8. The topological polar surface area (TPSA) is 96.0 Å². The third kappa shape index (κ3) is 6.35. The minimum Gasteiger partial charge on any atom is -0.461 e. The van der Waals surface area contributed by atoms with Crippen LogP contribution in [0.2, 0.25) is 5.02 Å². The van der Waals surface area contributed by atoms with Gasteiger partial charge in [0.15, 0.2) is 5.82 Å². The van der Waals surface area contributed by atoms with Crippen LogP contribution in [-0.4, -0.2) is 106 Å². The highest BCUT2D eigenvalue weighted by Crippen LogP contribution is 2.43. The quantitative estimate of drug-likeness (QED) is 0.179. The van der Waals surface area contributed by atoms with Crippen molar-refractivity contribution in [3.8, 4) is 17.3 Å². The number of carbonyl (C=O) groups is 1.